The number of pyridine rings is 1. The van der Waals surface area contributed by atoms with Gasteiger partial charge in [0.05, 0.1) is 12.7 Å². The largest absolute Gasteiger partial charge is 0.497 e. The van der Waals surface area contributed by atoms with Crippen LogP contribution in [0.5, 0.6) is 5.75 Å². The van der Waals surface area contributed by atoms with Gasteiger partial charge in [-0.05, 0) is 55.8 Å². The number of carbonyl (C=O) groups is 1. The highest BCUT2D eigenvalue weighted by atomic mass is 16.5. The van der Waals surface area contributed by atoms with Crippen molar-refractivity contribution < 1.29 is 14.3 Å². The van der Waals surface area contributed by atoms with Crippen molar-refractivity contribution in [2.75, 3.05) is 13.7 Å². The third-order valence-electron chi connectivity index (χ3n) is 3.75. The Bertz CT molecular complexity index is 670. The zero-order chi connectivity index (χ0) is 17.0. The summed E-state index contributed by atoms with van der Waals surface area (Å²) in [6, 6.07) is 11.0. The number of hydrogen-bond donors (Lipinski definition) is 0. The van der Waals surface area contributed by atoms with Gasteiger partial charge in [0.1, 0.15) is 12.4 Å². The third-order valence-corrected chi connectivity index (χ3v) is 3.75. The maximum absolute atomic E-state index is 12.2. The zero-order valence-electron chi connectivity index (χ0n) is 14.3. The summed E-state index contributed by atoms with van der Waals surface area (Å²) < 4.78 is 10.6. The SMILES string of the molecule is COc1ccc(C(=O)OCC(C)(C)c2cc(C)nc(C)c2)cc1. The van der Waals surface area contributed by atoms with Crippen molar-refractivity contribution in [1.29, 1.82) is 0 Å². The van der Waals surface area contributed by atoms with Gasteiger partial charge in [-0.2, -0.15) is 0 Å². The van der Waals surface area contributed by atoms with Crippen molar-refractivity contribution in [2.45, 2.75) is 33.1 Å². The average Bonchev–Trinajstić information content (AvgIpc) is 2.52. The predicted octanol–water partition coefficient (Wildman–Crippen LogP) is 3.84. The molecule has 0 unspecified atom stereocenters. The van der Waals surface area contributed by atoms with E-state index in [4.69, 9.17) is 9.47 Å². The van der Waals surface area contributed by atoms with Crippen molar-refractivity contribution in [2.24, 2.45) is 0 Å². The number of nitrogens with zero attached hydrogens (tertiary/aromatic N) is 1. The molecular formula is C19H23NO3. The van der Waals surface area contributed by atoms with Gasteiger partial charge in [0, 0.05) is 16.8 Å². The van der Waals surface area contributed by atoms with Crippen molar-refractivity contribution in [3.05, 3.63) is 58.9 Å². The molecule has 0 amide bonds. The van der Waals surface area contributed by atoms with Gasteiger partial charge in [-0.1, -0.05) is 13.8 Å². The molecule has 0 bridgehead atoms. The molecule has 1 heterocycles. The first-order chi connectivity index (χ1) is 10.8. The minimum atomic E-state index is -0.330. The Morgan fingerprint density at radius 1 is 1.09 bits per heavy atom. The lowest BCUT2D eigenvalue weighted by atomic mass is 9.85. The fraction of sp³-hybridized carbons (Fsp3) is 0.368. The molecule has 0 spiro atoms. The molecule has 2 rings (SSSR count). The van der Waals surface area contributed by atoms with Crippen LogP contribution in [0.1, 0.15) is 41.2 Å². The molecule has 0 aliphatic carbocycles. The average molecular weight is 313 g/mol. The Balaban J connectivity index is 2.06. The lowest BCUT2D eigenvalue weighted by molar-refractivity contribution is 0.0427. The van der Waals surface area contributed by atoms with E-state index in [0.717, 1.165) is 17.0 Å². The summed E-state index contributed by atoms with van der Waals surface area (Å²) in [7, 11) is 1.59. The maximum Gasteiger partial charge on any atom is 0.338 e. The molecule has 0 saturated heterocycles. The maximum atomic E-state index is 12.2. The Kier molecular flexibility index (Phi) is 5.04. The third kappa shape index (κ3) is 4.31. The number of hydrogen-bond acceptors (Lipinski definition) is 4. The molecule has 0 fully saturated rings. The smallest absolute Gasteiger partial charge is 0.338 e. The Labute approximate surface area is 137 Å². The molecule has 23 heavy (non-hydrogen) atoms. The van der Waals surface area contributed by atoms with Crippen LogP contribution in [0.2, 0.25) is 0 Å². The van der Waals surface area contributed by atoms with Crippen LogP contribution in [0.25, 0.3) is 0 Å². The van der Waals surface area contributed by atoms with Crippen LogP contribution >= 0.6 is 0 Å². The van der Waals surface area contributed by atoms with E-state index in [2.05, 4.69) is 18.8 Å². The standard InChI is InChI=1S/C19H23NO3/c1-13-10-16(11-14(2)20-13)19(3,4)12-23-18(21)15-6-8-17(22-5)9-7-15/h6-11H,12H2,1-5H3. The summed E-state index contributed by atoms with van der Waals surface area (Å²) >= 11 is 0. The molecule has 0 aliphatic rings. The number of rotatable bonds is 5. The highest BCUT2D eigenvalue weighted by Gasteiger charge is 2.24. The van der Waals surface area contributed by atoms with E-state index in [0.29, 0.717) is 17.9 Å². The molecule has 1 aromatic carbocycles. The molecule has 4 nitrogen and oxygen atoms in total. The van der Waals surface area contributed by atoms with E-state index in [1.165, 1.54) is 0 Å². The van der Waals surface area contributed by atoms with Crippen molar-refractivity contribution in [1.82, 2.24) is 4.98 Å². The quantitative estimate of drug-likeness (QED) is 0.787. The van der Waals surface area contributed by atoms with Gasteiger partial charge in [-0.25, -0.2) is 4.79 Å². The van der Waals surface area contributed by atoms with Crippen molar-refractivity contribution in [3.63, 3.8) is 0 Å². The van der Waals surface area contributed by atoms with Crippen LogP contribution in [0.3, 0.4) is 0 Å². The summed E-state index contributed by atoms with van der Waals surface area (Å²) in [5.41, 5.74) is 3.29. The Morgan fingerprint density at radius 3 is 2.17 bits per heavy atom. The van der Waals surface area contributed by atoms with E-state index in [9.17, 15) is 4.79 Å². The lowest BCUT2D eigenvalue weighted by Gasteiger charge is -2.25. The molecule has 2 aromatic rings. The summed E-state index contributed by atoms with van der Waals surface area (Å²) in [4.78, 5) is 16.6. The van der Waals surface area contributed by atoms with Gasteiger partial charge in [0.25, 0.3) is 0 Å². The summed E-state index contributed by atoms with van der Waals surface area (Å²) in [6.07, 6.45) is 0. The van der Waals surface area contributed by atoms with Crippen LogP contribution in [0.15, 0.2) is 36.4 Å². The van der Waals surface area contributed by atoms with Crippen molar-refractivity contribution >= 4 is 5.97 Å². The van der Waals surface area contributed by atoms with E-state index in [-0.39, 0.29) is 11.4 Å². The molecule has 0 saturated carbocycles. The molecule has 0 radical (unpaired) electrons. The first kappa shape index (κ1) is 17.0. The van der Waals surface area contributed by atoms with Crippen LogP contribution in [-0.2, 0) is 10.2 Å². The normalized spacial score (nSPS) is 11.2. The molecule has 4 heteroatoms. The van der Waals surface area contributed by atoms with Gasteiger partial charge in [0.15, 0.2) is 0 Å². The minimum Gasteiger partial charge on any atom is -0.497 e. The van der Waals surface area contributed by atoms with Gasteiger partial charge in [0.2, 0.25) is 0 Å². The number of carbonyl (C=O) groups excluding carboxylic acids is 1. The fourth-order valence-electron chi connectivity index (χ4n) is 2.36. The number of benzene rings is 1. The van der Waals surface area contributed by atoms with Crippen LogP contribution in [0, 0.1) is 13.8 Å². The Hall–Kier alpha value is -2.36. The number of methoxy groups -OCH3 is 1. The topological polar surface area (TPSA) is 48.4 Å². The van der Waals surface area contributed by atoms with Crippen LogP contribution in [0.4, 0.5) is 0 Å². The van der Waals surface area contributed by atoms with E-state index in [1.807, 2.05) is 26.0 Å². The number of aromatic nitrogens is 1. The van der Waals surface area contributed by atoms with E-state index < -0.39 is 0 Å². The van der Waals surface area contributed by atoms with E-state index in [1.54, 1.807) is 31.4 Å². The number of aryl methyl sites for hydroxylation is 2. The molecule has 0 atom stereocenters. The summed E-state index contributed by atoms with van der Waals surface area (Å²) in [6.45, 7) is 8.36. The van der Waals surface area contributed by atoms with Crippen LogP contribution in [-0.4, -0.2) is 24.7 Å². The highest BCUT2D eigenvalue weighted by molar-refractivity contribution is 5.89. The fourth-order valence-corrected chi connectivity index (χ4v) is 2.36. The Morgan fingerprint density at radius 2 is 1.65 bits per heavy atom. The second-order valence-electron chi connectivity index (χ2n) is 6.33. The van der Waals surface area contributed by atoms with Gasteiger partial charge in [-0.3, -0.25) is 4.98 Å². The number of esters is 1. The zero-order valence-corrected chi connectivity index (χ0v) is 14.3. The lowest BCUT2D eigenvalue weighted by Crippen LogP contribution is -2.26. The monoisotopic (exact) mass is 313 g/mol. The predicted molar refractivity (Wildman–Crippen MR) is 90.0 cm³/mol. The molecule has 0 N–H and O–H groups in total. The molecule has 1 aromatic heterocycles. The van der Waals surface area contributed by atoms with Gasteiger partial charge >= 0.3 is 5.97 Å². The van der Waals surface area contributed by atoms with E-state index >= 15 is 0 Å². The first-order valence-electron chi connectivity index (χ1n) is 7.59. The van der Waals surface area contributed by atoms with Gasteiger partial charge in [-0.15, -0.1) is 0 Å². The molecular weight excluding hydrogens is 290 g/mol. The number of ether oxygens (including phenoxy) is 2. The second-order valence-corrected chi connectivity index (χ2v) is 6.33. The van der Waals surface area contributed by atoms with Crippen LogP contribution < -0.4 is 4.74 Å². The minimum absolute atomic E-state index is 0.277. The van der Waals surface area contributed by atoms with Gasteiger partial charge < -0.3 is 9.47 Å². The summed E-state index contributed by atoms with van der Waals surface area (Å²) in [5, 5.41) is 0. The highest BCUT2D eigenvalue weighted by Crippen LogP contribution is 2.25. The first-order valence-corrected chi connectivity index (χ1v) is 7.59. The molecule has 0 aliphatic heterocycles. The molecule has 122 valence electrons. The summed E-state index contributed by atoms with van der Waals surface area (Å²) in [5.74, 6) is 0.382. The second kappa shape index (κ2) is 6.82. The van der Waals surface area contributed by atoms with Crippen molar-refractivity contribution in [3.8, 4) is 5.75 Å².